The van der Waals surface area contributed by atoms with Crippen LogP contribution in [0.1, 0.15) is 19.8 Å². The predicted molar refractivity (Wildman–Crippen MR) is 35.2 cm³/mol. The molecule has 0 fully saturated rings. The third kappa shape index (κ3) is 2.48. The van der Waals surface area contributed by atoms with Crippen LogP contribution in [0, 0.1) is 5.92 Å². The van der Waals surface area contributed by atoms with E-state index in [0.29, 0.717) is 12.8 Å². The van der Waals surface area contributed by atoms with Crippen molar-refractivity contribution >= 4 is 11.9 Å². The van der Waals surface area contributed by atoms with E-state index >= 15 is 0 Å². The van der Waals surface area contributed by atoms with E-state index in [1.807, 2.05) is 0 Å². The Morgan fingerprint density at radius 2 is 2.10 bits per heavy atom. The first-order valence-electron chi connectivity index (χ1n) is 3.11. The zero-order valence-corrected chi connectivity index (χ0v) is 5.83. The maximum atomic E-state index is 10.4. The normalized spacial score (nSPS) is 12.5. The van der Waals surface area contributed by atoms with Crippen molar-refractivity contribution in [2.75, 3.05) is 0 Å². The van der Waals surface area contributed by atoms with Crippen molar-refractivity contribution < 1.29 is 14.7 Å². The summed E-state index contributed by atoms with van der Waals surface area (Å²) in [4.78, 5) is 20.6. The molecule has 0 aliphatic rings. The molecule has 0 bridgehead atoms. The van der Waals surface area contributed by atoms with Gasteiger partial charge in [-0.15, -0.1) is 0 Å². The van der Waals surface area contributed by atoms with E-state index in [4.69, 9.17) is 10.8 Å². The number of carbonyl (C=O) groups is 2. The molecule has 1 amide bonds. The van der Waals surface area contributed by atoms with Gasteiger partial charge >= 0.3 is 5.97 Å². The van der Waals surface area contributed by atoms with Gasteiger partial charge in [-0.05, 0) is 6.42 Å². The number of carbonyl (C=O) groups excluding carboxylic acids is 1. The van der Waals surface area contributed by atoms with E-state index in [0.717, 1.165) is 0 Å². The zero-order valence-electron chi connectivity index (χ0n) is 5.83. The fourth-order valence-electron chi connectivity index (χ4n) is 0.676. The number of aliphatic carboxylic acids is 1. The average molecular weight is 145 g/mol. The second-order valence-electron chi connectivity index (χ2n) is 2.08. The number of hydrogen-bond acceptors (Lipinski definition) is 2. The van der Waals surface area contributed by atoms with Crippen LogP contribution in [-0.4, -0.2) is 17.0 Å². The second kappa shape index (κ2) is 3.87. The van der Waals surface area contributed by atoms with Crippen LogP contribution in [0.4, 0.5) is 0 Å². The quantitative estimate of drug-likeness (QED) is 0.545. The largest absolute Gasteiger partial charge is 0.481 e. The zero-order chi connectivity index (χ0) is 8.15. The maximum absolute atomic E-state index is 10.4. The van der Waals surface area contributed by atoms with Gasteiger partial charge in [0, 0.05) is 0 Å². The Balaban J connectivity index is 3.98. The Morgan fingerprint density at radius 3 is 2.20 bits per heavy atom. The standard InChI is InChI=1S/C6H11NO3/c1-2-3-4(5(7)8)6(9)10/h4H,2-3H2,1H3,(H2,7,8)(H,9,10). The smallest absolute Gasteiger partial charge is 0.316 e. The number of primary amides is 1. The molecule has 0 aliphatic heterocycles. The summed E-state index contributed by atoms with van der Waals surface area (Å²) in [6.07, 6.45) is 0.977. The second-order valence-corrected chi connectivity index (χ2v) is 2.08. The lowest BCUT2D eigenvalue weighted by Crippen LogP contribution is -2.29. The number of amides is 1. The number of hydrogen-bond donors (Lipinski definition) is 2. The van der Waals surface area contributed by atoms with Crippen LogP contribution >= 0.6 is 0 Å². The molecule has 1 atom stereocenters. The molecule has 0 aliphatic carbocycles. The van der Waals surface area contributed by atoms with E-state index in [-0.39, 0.29) is 0 Å². The summed E-state index contributed by atoms with van der Waals surface area (Å²) in [5.74, 6) is -2.89. The number of rotatable bonds is 4. The summed E-state index contributed by atoms with van der Waals surface area (Å²) < 4.78 is 0. The van der Waals surface area contributed by atoms with E-state index in [9.17, 15) is 9.59 Å². The molecular formula is C6H11NO3. The van der Waals surface area contributed by atoms with Crippen LogP contribution in [0.2, 0.25) is 0 Å². The molecular weight excluding hydrogens is 134 g/mol. The first-order valence-corrected chi connectivity index (χ1v) is 3.11. The minimum Gasteiger partial charge on any atom is -0.481 e. The Morgan fingerprint density at radius 1 is 1.60 bits per heavy atom. The van der Waals surface area contributed by atoms with Crippen LogP contribution in [0.5, 0.6) is 0 Å². The molecule has 10 heavy (non-hydrogen) atoms. The molecule has 0 saturated heterocycles. The van der Waals surface area contributed by atoms with Gasteiger partial charge in [-0.25, -0.2) is 0 Å². The Hall–Kier alpha value is -1.06. The van der Waals surface area contributed by atoms with E-state index in [1.165, 1.54) is 0 Å². The highest BCUT2D eigenvalue weighted by atomic mass is 16.4. The highest BCUT2D eigenvalue weighted by Gasteiger charge is 2.21. The molecule has 4 nitrogen and oxygen atoms in total. The minimum atomic E-state index is -1.13. The molecule has 0 rings (SSSR count). The lowest BCUT2D eigenvalue weighted by Gasteiger charge is -2.04. The van der Waals surface area contributed by atoms with Crippen LogP contribution in [0.3, 0.4) is 0 Å². The van der Waals surface area contributed by atoms with Gasteiger partial charge < -0.3 is 10.8 Å². The van der Waals surface area contributed by atoms with E-state index in [2.05, 4.69) is 0 Å². The van der Waals surface area contributed by atoms with Crippen molar-refractivity contribution in [3.63, 3.8) is 0 Å². The fraction of sp³-hybridized carbons (Fsp3) is 0.667. The van der Waals surface area contributed by atoms with Crippen molar-refractivity contribution in [2.24, 2.45) is 11.7 Å². The monoisotopic (exact) mass is 145 g/mol. The molecule has 0 heterocycles. The maximum Gasteiger partial charge on any atom is 0.316 e. The number of carboxylic acid groups (broad SMARTS) is 1. The molecule has 0 aromatic rings. The van der Waals surface area contributed by atoms with Gasteiger partial charge in [0.2, 0.25) is 5.91 Å². The Bertz CT molecular complexity index is 130. The summed E-state index contributed by atoms with van der Waals surface area (Å²) in [6.45, 7) is 1.80. The van der Waals surface area contributed by atoms with Gasteiger partial charge in [0.25, 0.3) is 0 Å². The van der Waals surface area contributed by atoms with Crippen molar-refractivity contribution in [3.8, 4) is 0 Å². The molecule has 3 N–H and O–H groups in total. The summed E-state index contributed by atoms with van der Waals surface area (Å²) in [5, 5.41) is 8.37. The lowest BCUT2D eigenvalue weighted by atomic mass is 10.0. The third-order valence-electron chi connectivity index (χ3n) is 1.22. The van der Waals surface area contributed by atoms with Crippen molar-refractivity contribution in [2.45, 2.75) is 19.8 Å². The summed E-state index contributed by atoms with van der Waals surface area (Å²) >= 11 is 0. The lowest BCUT2D eigenvalue weighted by molar-refractivity contribution is -0.146. The van der Waals surface area contributed by atoms with Crippen LogP contribution in [0.15, 0.2) is 0 Å². The number of carboxylic acids is 1. The van der Waals surface area contributed by atoms with Crippen molar-refractivity contribution in [1.29, 1.82) is 0 Å². The van der Waals surface area contributed by atoms with Crippen LogP contribution in [-0.2, 0) is 9.59 Å². The Labute approximate surface area is 59.0 Å². The first-order chi connectivity index (χ1) is 4.59. The predicted octanol–water partition coefficient (Wildman–Crippen LogP) is -0.0274. The van der Waals surface area contributed by atoms with Crippen LogP contribution < -0.4 is 5.73 Å². The molecule has 4 heteroatoms. The van der Waals surface area contributed by atoms with Gasteiger partial charge in [-0.2, -0.15) is 0 Å². The molecule has 0 aromatic heterocycles. The summed E-state index contributed by atoms with van der Waals surface area (Å²) in [5.41, 5.74) is 4.80. The molecule has 0 spiro atoms. The topological polar surface area (TPSA) is 80.4 Å². The molecule has 0 aromatic carbocycles. The first kappa shape index (κ1) is 8.94. The Kier molecular flexibility index (Phi) is 3.46. The van der Waals surface area contributed by atoms with E-state index in [1.54, 1.807) is 6.92 Å². The minimum absolute atomic E-state index is 0.324. The molecule has 1 unspecified atom stereocenters. The molecule has 0 saturated carbocycles. The SMILES string of the molecule is CCCC(C(N)=O)C(=O)O. The molecule has 0 radical (unpaired) electrons. The molecule has 58 valence electrons. The number of nitrogens with two attached hydrogens (primary N) is 1. The van der Waals surface area contributed by atoms with E-state index < -0.39 is 17.8 Å². The van der Waals surface area contributed by atoms with Gasteiger partial charge in [-0.3, -0.25) is 9.59 Å². The highest BCUT2D eigenvalue weighted by molar-refractivity contribution is 5.95. The average Bonchev–Trinajstić information content (AvgIpc) is 1.81. The summed E-state index contributed by atoms with van der Waals surface area (Å²) in [7, 11) is 0. The third-order valence-corrected chi connectivity index (χ3v) is 1.22. The van der Waals surface area contributed by atoms with Crippen LogP contribution in [0.25, 0.3) is 0 Å². The van der Waals surface area contributed by atoms with Gasteiger partial charge in [0.1, 0.15) is 5.92 Å². The van der Waals surface area contributed by atoms with Gasteiger partial charge in [0.15, 0.2) is 0 Å². The van der Waals surface area contributed by atoms with Gasteiger partial charge in [-0.1, -0.05) is 13.3 Å². The van der Waals surface area contributed by atoms with Gasteiger partial charge in [0.05, 0.1) is 0 Å². The summed E-state index contributed by atoms with van der Waals surface area (Å²) in [6, 6.07) is 0. The fourth-order valence-corrected chi connectivity index (χ4v) is 0.676. The highest BCUT2D eigenvalue weighted by Crippen LogP contribution is 2.04. The van der Waals surface area contributed by atoms with Crippen molar-refractivity contribution in [1.82, 2.24) is 0 Å². The van der Waals surface area contributed by atoms with Crippen molar-refractivity contribution in [3.05, 3.63) is 0 Å².